The van der Waals surface area contributed by atoms with Gasteiger partial charge in [0.25, 0.3) is 0 Å². The lowest BCUT2D eigenvalue weighted by Crippen LogP contribution is -2.33. The Labute approximate surface area is 150 Å². The maximum absolute atomic E-state index is 12.8. The van der Waals surface area contributed by atoms with Crippen LogP contribution in [0.2, 0.25) is 0 Å². The summed E-state index contributed by atoms with van der Waals surface area (Å²) < 4.78 is 17.7. The largest absolute Gasteiger partial charge is 0.457 e. The van der Waals surface area contributed by atoms with Crippen LogP contribution in [0.1, 0.15) is 42.5 Å². The Balaban J connectivity index is 1.47. The summed E-state index contributed by atoms with van der Waals surface area (Å²) in [7, 11) is 0. The fourth-order valence-corrected chi connectivity index (χ4v) is 3.59. The smallest absolute Gasteiger partial charge is 0.308 e. The van der Waals surface area contributed by atoms with Crippen LogP contribution in [0.15, 0.2) is 24.3 Å². The van der Waals surface area contributed by atoms with Crippen molar-refractivity contribution in [3.8, 4) is 0 Å². The van der Waals surface area contributed by atoms with E-state index in [1.165, 1.54) is 12.1 Å². The van der Waals surface area contributed by atoms with Gasteiger partial charge in [0.1, 0.15) is 5.82 Å². The third-order valence-electron chi connectivity index (χ3n) is 5.00. The molecule has 2 aliphatic rings. The van der Waals surface area contributed by atoms with Crippen molar-refractivity contribution in [3.63, 3.8) is 0 Å². The van der Waals surface area contributed by atoms with Crippen molar-refractivity contribution in [2.24, 2.45) is 11.8 Å². The fraction of sp³-hybridized carbons (Fsp3) is 0.474. The van der Waals surface area contributed by atoms with Gasteiger partial charge in [0, 0.05) is 12.1 Å². The minimum Gasteiger partial charge on any atom is -0.457 e. The van der Waals surface area contributed by atoms with E-state index in [0.29, 0.717) is 0 Å². The summed E-state index contributed by atoms with van der Waals surface area (Å²) in [6.07, 6.45) is 3.20. The first-order valence-corrected chi connectivity index (χ1v) is 8.77. The number of nitrogens with zero attached hydrogens (tertiary/aromatic N) is 1. The lowest BCUT2D eigenvalue weighted by molar-refractivity contribution is -0.145. The standard InChI is InChI=1S/C19H20FNO5/c20-13-7-5-12(6-8-13)16(22)11-26-17(23)9-10-21-18(24)14-3-1-2-4-15(14)19(21)25/h5-8,14-15H,1-4,9-11H2. The van der Waals surface area contributed by atoms with Crippen molar-refractivity contribution in [2.45, 2.75) is 32.1 Å². The number of hydrogen-bond acceptors (Lipinski definition) is 5. The third kappa shape index (κ3) is 3.81. The average molecular weight is 361 g/mol. The van der Waals surface area contributed by atoms with Crippen LogP contribution in [0.5, 0.6) is 0 Å². The molecule has 2 unspecified atom stereocenters. The minimum atomic E-state index is -0.657. The van der Waals surface area contributed by atoms with Crippen molar-refractivity contribution < 1.29 is 28.3 Å². The lowest BCUT2D eigenvalue weighted by atomic mass is 9.81. The molecule has 0 aromatic heterocycles. The van der Waals surface area contributed by atoms with Gasteiger partial charge in [0.15, 0.2) is 12.4 Å². The first-order valence-electron chi connectivity index (χ1n) is 8.77. The normalized spacial score (nSPS) is 22.3. The molecule has 0 bridgehead atoms. The fourth-order valence-electron chi connectivity index (χ4n) is 3.59. The summed E-state index contributed by atoms with van der Waals surface area (Å²) in [5.41, 5.74) is 0.244. The first kappa shape index (κ1) is 18.2. The number of hydrogen-bond donors (Lipinski definition) is 0. The average Bonchev–Trinajstić information content (AvgIpc) is 2.89. The van der Waals surface area contributed by atoms with Crippen molar-refractivity contribution in [1.82, 2.24) is 4.90 Å². The molecule has 7 heteroatoms. The molecule has 3 rings (SSSR count). The van der Waals surface area contributed by atoms with Gasteiger partial charge in [0.05, 0.1) is 18.3 Å². The summed E-state index contributed by atoms with van der Waals surface area (Å²) in [5.74, 6) is -2.45. The number of Topliss-reactive ketones (excluding diaryl/α,β-unsaturated/α-hetero) is 1. The maximum atomic E-state index is 12.8. The van der Waals surface area contributed by atoms with E-state index < -0.39 is 24.2 Å². The highest BCUT2D eigenvalue weighted by molar-refractivity contribution is 6.05. The van der Waals surface area contributed by atoms with Gasteiger partial charge in [-0.3, -0.25) is 24.1 Å². The van der Waals surface area contributed by atoms with Crippen LogP contribution in [0.25, 0.3) is 0 Å². The number of carbonyl (C=O) groups is 4. The van der Waals surface area contributed by atoms with Crippen LogP contribution in [0, 0.1) is 17.7 Å². The van der Waals surface area contributed by atoms with Gasteiger partial charge in [-0.05, 0) is 37.1 Å². The van der Waals surface area contributed by atoms with E-state index in [-0.39, 0.29) is 42.2 Å². The maximum Gasteiger partial charge on any atom is 0.308 e. The number of ketones is 1. The lowest BCUT2D eigenvalue weighted by Gasteiger charge is -2.19. The van der Waals surface area contributed by atoms with Gasteiger partial charge in [-0.1, -0.05) is 12.8 Å². The molecule has 2 atom stereocenters. The number of imide groups is 1. The zero-order valence-corrected chi connectivity index (χ0v) is 14.3. The second-order valence-electron chi connectivity index (χ2n) is 6.67. The van der Waals surface area contributed by atoms with E-state index in [1.807, 2.05) is 0 Å². The Bertz CT molecular complexity index is 706. The first-order chi connectivity index (χ1) is 12.5. The number of esters is 1. The SMILES string of the molecule is O=C(CCN1C(=O)C2CCCCC2C1=O)OCC(=O)c1ccc(F)cc1. The van der Waals surface area contributed by atoms with Crippen molar-refractivity contribution in [3.05, 3.63) is 35.6 Å². The molecule has 138 valence electrons. The predicted molar refractivity (Wildman–Crippen MR) is 88.5 cm³/mol. The van der Waals surface area contributed by atoms with Gasteiger partial charge in [-0.15, -0.1) is 0 Å². The van der Waals surface area contributed by atoms with E-state index in [0.717, 1.165) is 42.7 Å². The van der Waals surface area contributed by atoms with Gasteiger partial charge in [0.2, 0.25) is 11.8 Å². The highest BCUT2D eigenvalue weighted by atomic mass is 19.1. The molecule has 0 N–H and O–H groups in total. The topological polar surface area (TPSA) is 80.8 Å². The van der Waals surface area contributed by atoms with Crippen LogP contribution >= 0.6 is 0 Å². The Morgan fingerprint density at radius 1 is 1.04 bits per heavy atom. The van der Waals surface area contributed by atoms with E-state index in [1.54, 1.807) is 0 Å². The molecule has 1 heterocycles. The van der Waals surface area contributed by atoms with Crippen molar-refractivity contribution in [2.75, 3.05) is 13.2 Å². The molecule has 6 nitrogen and oxygen atoms in total. The molecular formula is C19H20FNO5. The number of carbonyl (C=O) groups excluding carboxylic acids is 4. The van der Waals surface area contributed by atoms with Gasteiger partial charge in [-0.25, -0.2) is 4.39 Å². The van der Waals surface area contributed by atoms with Crippen LogP contribution in [0.4, 0.5) is 4.39 Å². The second-order valence-corrected chi connectivity index (χ2v) is 6.67. The monoisotopic (exact) mass is 361 g/mol. The number of amides is 2. The van der Waals surface area contributed by atoms with E-state index in [9.17, 15) is 23.6 Å². The molecule has 1 saturated carbocycles. The summed E-state index contributed by atoms with van der Waals surface area (Å²) in [6.45, 7) is -0.480. The Morgan fingerprint density at radius 2 is 1.62 bits per heavy atom. The number of ether oxygens (including phenoxy) is 1. The van der Waals surface area contributed by atoms with Gasteiger partial charge < -0.3 is 4.74 Å². The quantitative estimate of drug-likeness (QED) is 0.440. The van der Waals surface area contributed by atoms with Crippen molar-refractivity contribution in [1.29, 1.82) is 0 Å². The number of halogens is 1. The van der Waals surface area contributed by atoms with Gasteiger partial charge in [-0.2, -0.15) is 0 Å². The molecule has 1 aromatic rings. The summed E-state index contributed by atoms with van der Waals surface area (Å²) in [5, 5.41) is 0. The summed E-state index contributed by atoms with van der Waals surface area (Å²) >= 11 is 0. The molecule has 1 aliphatic heterocycles. The number of rotatable bonds is 6. The van der Waals surface area contributed by atoms with Crippen LogP contribution in [0.3, 0.4) is 0 Å². The van der Waals surface area contributed by atoms with Crippen molar-refractivity contribution >= 4 is 23.6 Å². The Kier molecular flexibility index (Phi) is 5.44. The highest BCUT2D eigenvalue weighted by Gasteiger charge is 2.47. The van der Waals surface area contributed by atoms with E-state index in [4.69, 9.17) is 4.74 Å². The Morgan fingerprint density at radius 3 is 2.19 bits per heavy atom. The molecule has 1 saturated heterocycles. The molecule has 1 aliphatic carbocycles. The number of likely N-dealkylation sites (tertiary alicyclic amines) is 1. The number of fused-ring (bicyclic) bond motifs is 1. The van der Waals surface area contributed by atoms with Crippen LogP contribution in [-0.4, -0.2) is 41.6 Å². The number of benzene rings is 1. The van der Waals surface area contributed by atoms with E-state index >= 15 is 0 Å². The second kappa shape index (κ2) is 7.76. The summed E-state index contributed by atoms with van der Waals surface area (Å²) in [6, 6.07) is 4.93. The Hall–Kier alpha value is -2.57. The molecule has 1 aromatic carbocycles. The molecule has 0 radical (unpaired) electrons. The zero-order chi connectivity index (χ0) is 18.7. The molecule has 26 heavy (non-hydrogen) atoms. The van der Waals surface area contributed by atoms with Crippen LogP contribution in [-0.2, 0) is 19.1 Å². The summed E-state index contributed by atoms with van der Waals surface area (Å²) in [4.78, 5) is 49.5. The predicted octanol–water partition coefficient (Wildman–Crippen LogP) is 2.12. The molecule has 2 fully saturated rings. The zero-order valence-electron chi connectivity index (χ0n) is 14.3. The molecular weight excluding hydrogens is 341 g/mol. The third-order valence-corrected chi connectivity index (χ3v) is 5.00. The molecule has 0 spiro atoms. The highest BCUT2D eigenvalue weighted by Crippen LogP contribution is 2.37. The van der Waals surface area contributed by atoms with Crippen LogP contribution < -0.4 is 0 Å². The van der Waals surface area contributed by atoms with Gasteiger partial charge >= 0.3 is 5.97 Å². The molecule has 2 amide bonds. The van der Waals surface area contributed by atoms with E-state index in [2.05, 4.69) is 0 Å². The minimum absolute atomic E-state index is 0.0196.